The third-order valence-corrected chi connectivity index (χ3v) is 4.84. The first-order valence-electron chi connectivity index (χ1n) is 7.30. The molecule has 2 N–H and O–H groups in total. The van der Waals surface area contributed by atoms with E-state index in [2.05, 4.69) is 26.2 Å². The van der Waals surface area contributed by atoms with Crippen LogP contribution in [0.25, 0.3) is 0 Å². The van der Waals surface area contributed by atoms with Crippen LogP contribution in [0.1, 0.15) is 37.9 Å². The predicted octanol–water partition coefficient (Wildman–Crippen LogP) is 1.78. The second kappa shape index (κ2) is 5.70. The molecule has 2 aliphatic heterocycles. The molecule has 3 heterocycles. The third kappa shape index (κ3) is 3.00. The Kier molecular flexibility index (Phi) is 4.07. The number of rotatable bonds is 4. The van der Waals surface area contributed by atoms with Gasteiger partial charge in [0.25, 0.3) is 0 Å². The fraction of sp³-hybridized carbons (Fsp3) is 0.714. The molecular formula is C14H20BrN3O3. The van der Waals surface area contributed by atoms with Gasteiger partial charge >= 0.3 is 5.97 Å². The minimum Gasteiger partial charge on any atom is -0.480 e. The standard InChI is InChI=1S/C14H20BrN3O3/c1-18-7-11(15)17-13(18)14(21-8-12(19)20)5-9-3-2-4-10(6-14)16-9/h7,9-10,16H,2-6,8H2,1H3,(H,19,20). The maximum Gasteiger partial charge on any atom is 0.329 e. The fourth-order valence-corrected chi connectivity index (χ4v) is 4.21. The highest BCUT2D eigenvalue weighted by atomic mass is 79.9. The Morgan fingerprint density at radius 3 is 2.76 bits per heavy atom. The van der Waals surface area contributed by atoms with Gasteiger partial charge in [-0.15, -0.1) is 0 Å². The quantitative estimate of drug-likeness (QED) is 0.858. The number of nitrogens with zero attached hydrogens (tertiary/aromatic N) is 2. The summed E-state index contributed by atoms with van der Waals surface area (Å²) in [7, 11) is 1.93. The van der Waals surface area contributed by atoms with Gasteiger partial charge in [-0.25, -0.2) is 9.78 Å². The highest BCUT2D eigenvalue weighted by molar-refractivity contribution is 9.10. The first-order valence-corrected chi connectivity index (χ1v) is 8.09. The molecule has 7 heteroatoms. The maximum atomic E-state index is 11.0. The zero-order chi connectivity index (χ0) is 15.0. The molecular weight excluding hydrogens is 338 g/mol. The molecule has 1 aromatic heterocycles. The average Bonchev–Trinajstić information content (AvgIpc) is 2.76. The van der Waals surface area contributed by atoms with Crippen LogP contribution in [0.5, 0.6) is 0 Å². The first-order chi connectivity index (χ1) is 9.98. The van der Waals surface area contributed by atoms with Crippen LogP contribution in [0.4, 0.5) is 0 Å². The van der Waals surface area contributed by atoms with Gasteiger partial charge in [-0.2, -0.15) is 0 Å². The summed E-state index contributed by atoms with van der Waals surface area (Å²) < 4.78 is 8.59. The summed E-state index contributed by atoms with van der Waals surface area (Å²) in [5.41, 5.74) is -0.611. The van der Waals surface area contributed by atoms with Gasteiger partial charge in [0, 0.05) is 25.3 Å². The number of piperidine rings is 2. The van der Waals surface area contributed by atoms with E-state index >= 15 is 0 Å². The van der Waals surface area contributed by atoms with E-state index in [1.54, 1.807) is 0 Å². The maximum absolute atomic E-state index is 11.0. The molecule has 1 aromatic rings. The van der Waals surface area contributed by atoms with Crippen molar-refractivity contribution < 1.29 is 14.6 Å². The van der Waals surface area contributed by atoms with Crippen molar-refractivity contribution in [1.82, 2.24) is 14.9 Å². The van der Waals surface area contributed by atoms with E-state index in [0.717, 1.165) is 36.1 Å². The van der Waals surface area contributed by atoms with Gasteiger partial charge in [0.2, 0.25) is 0 Å². The summed E-state index contributed by atoms with van der Waals surface area (Å²) in [5, 5.41) is 12.6. The van der Waals surface area contributed by atoms with E-state index in [4.69, 9.17) is 9.84 Å². The summed E-state index contributed by atoms with van der Waals surface area (Å²) in [6, 6.07) is 0.753. The molecule has 6 nitrogen and oxygen atoms in total. The number of fused-ring (bicyclic) bond motifs is 2. The predicted molar refractivity (Wildman–Crippen MR) is 80.0 cm³/mol. The van der Waals surface area contributed by atoms with Crippen molar-refractivity contribution >= 4 is 21.9 Å². The zero-order valence-corrected chi connectivity index (χ0v) is 13.6. The van der Waals surface area contributed by atoms with Crippen molar-refractivity contribution in [1.29, 1.82) is 0 Å². The van der Waals surface area contributed by atoms with Crippen LogP contribution in [-0.4, -0.2) is 39.3 Å². The average molecular weight is 358 g/mol. The number of hydrogen-bond acceptors (Lipinski definition) is 4. The number of aliphatic carboxylic acids is 1. The van der Waals surface area contributed by atoms with E-state index < -0.39 is 11.6 Å². The largest absolute Gasteiger partial charge is 0.480 e. The Morgan fingerprint density at radius 1 is 1.57 bits per heavy atom. The number of ether oxygens (including phenoxy) is 1. The number of imidazole rings is 1. The second-order valence-corrected chi connectivity index (χ2v) is 6.89. The van der Waals surface area contributed by atoms with Gasteiger partial charge in [-0.05, 0) is 41.6 Å². The molecule has 3 rings (SSSR count). The number of carboxylic acid groups (broad SMARTS) is 1. The van der Waals surface area contributed by atoms with Crippen LogP contribution >= 0.6 is 15.9 Å². The Balaban J connectivity index is 1.94. The molecule has 2 unspecified atom stereocenters. The number of halogens is 1. The van der Waals surface area contributed by atoms with Gasteiger partial charge in [-0.3, -0.25) is 0 Å². The molecule has 0 saturated carbocycles. The SMILES string of the molecule is Cn1cc(Br)nc1C1(OCC(=O)O)CC2CCCC(C1)N2. The number of nitrogens with one attached hydrogen (secondary N) is 1. The zero-order valence-electron chi connectivity index (χ0n) is 12.0. The van der Waals surface area contributed by atoms with E-state index in [1.165, 1.54) is 6.42 Å². The number of aryl methyl sites for hydroxylation is 1. The van der Waals surface area contributed by atoms with Crippen LogP contribution in [0.15, 0.2) is 10.8 Å². The Bertz CT molecular complexity index is 534. The molecule has 0 aromatic carbocycles. The van der Waals surface area contributed by atoms with Crippen LogP contribution in [0.3, 0.4) is 0 Å². The number of hydrogen-bond donors (Lipinski definition) is 2. The lowest BCUT2D eigenvalue weighted by atomic mass is 9.76. The van der Waals surface area contributed by atoms with Gasteiger partial charge in [0.05, 0.1) is 0 Å². The van der Waals surface area contributed by atoms with Gasteiger partial charge < -0.3 is 19.7 Å². The van der Waals surface area contributed by atoms with Crippen molar-refractivity contribution in [2.75, 3.05) is 6.61 Å². The summed E-state index contributed by atoms with van der Waals surface area (Å²) in [4.78, 5) is 15.5. The van der Waals surface area contributed by atoms with E-state index in [9.17, 15) is 4.79 Å². The Hall–Kier alpha value is -0.920. The van der Waals surface area contributed by atoms with Crippen LogP contribution < -0.4 is 5.32 Å². The molecule has 116 valence electrons. The molecule has 2 fully saturated rings. The fourth-order valence-electron chi connectivity index (χ4n) is 3.73. The smallest absolute Gasteiger partial charge is 0.329 e. The molecule has 21 heavy (non-hydrogen) atoms. The molecule has 2 bridgehead atoms. The summed E-state index contributed by atoms with van der Waals surface area (Å²) in [5.74, 6) is -0.125. The molecule has 0 aliphatic carbocycles. The van der Waals surface area contributed by atoms with E-state index in [0.29, 0.717) is 12.1 Å². The van der Waals surface area contributed by atoms with Crippen LogP contribution in [-0.2, 0) is 22.2 Å². The van der Waals surface area contributed by atoms with Crippen molar-refractivity contribution in [3.8, 4) is 0 Å². The van der Waals surface area contributed by atoms with Crippen molar-refractivity contribution in [2.45, 2.75) is 49.8 Å². The lowest BCUT2D eigenvalue weighted by Crippen LogP contribution is -2.56. The van der Waals surface area contributed by atoms with Crippen molar-refractivity contribution in [3.05, 3.63) is 16.6 Å². The van der Waals surface area contributed by atoms with E-state index in [1.807, 2.05) is 17.8 Å². The normalized spacial score (nSPS) is 32.1. The molecule has 0 amide bonds. The summed E-state index contributed by atoms with van der Waals surface area (Å²) in [6.07, 6.45) is 6.88. The van der Waals surface area contributed by atoms with E-state index in [-0.39, 0.29) is 6.61 Å². The molecule has 2 atom stereocenters. The lowest BCUT2D eigenvalue weighted by molar-refractivity contribution is -0.158. The topological polar surface area (TPSA) is 76.4 Å². The lowest BCUT2D eigenvalue weighted by Gasteiger charge is -2.47. The third-order valence-electron chi connectivity index (χ3n) is 4.46. The van der Waals surface area contributed by atoms with Gasteiger partial charge in [0.15, 0.2) is 0 Å². The minimum absolute atomic E-state index is 0.288. The second-order valence-electron chi connectivity index (χ2n) is 6.07. The highest BCUT2D eigenvalue weighted by Crippen LogP contribution is 2.42. The van der Waals surface area contributed by atoms with Crippen LogP contribution in [0.2, 0.25) is 0 Å². The van der Waals surface area contributed by atoms with Crippen molar-refractivity contribution in [3.63, 3.8) is 0 Å². The van der Waals surface area contributed by atoms with Gasteiger partial charge in [-0.1, -0.05) is 6.42 Å². The Morgan fingerprint density at radius 2 is 2.24 bits per heavy atom. The number of carboxylic acids is 1. The molecule has 2 saturated heterocycles. The molecule has 0 spiro atoms. The molecule has 0 radical (unpaired) electrons. The number of carbonyl (C=O) groups is 1. The Labute approximate surface area is 132 Å². The molecule has 2 aliphatic rings. The summed E-state index contributed by atoms with van der Waals surface area (Å²) >= 11 is 3.40. The van der Waals surface area contributed by atoms with Gasteiger partial charge in [0.1, 0.15) is 22.6 Å². The highest BCUT2D eigenvalue weighted by Gasteiger charge is 2.47. The van der Waals surface area contributed by atoms with Crippen LogP contribution in [0, 0.1) is 0 Å². The van der Waals surface area contributed by atoms with Crippen molar-refractivity contribution in [2.24, 2.45) is 7.05 Å². The minimum atomic E-state index is -0.939. The first kappa shape index (κ1) is 15.0. The monoisotopic (exact) mass is 357 g/mol. The number of aromatic nitrogens is 2. The summed E-state index contributed by atoms with van der Waals surface area (Å²) in [6.45, 7) is -0.288.